The highest BCUT2D eigenvalue weighted by Gasteiger charge is 2.65. The van der Waals surface area contributed by atoms with Crippen molar-refractivity contribution in [1.82, 2.24) is 0 Å². The van der Waals surface area contributed by atoms with Crippen molar-refractivity contribution < 1.29 is 13.6 Å². The van der Waals surface area contributed by atoms with Crippen LogP contribution in [0, 0.1) is 0 Å². The normalized spacial score (nSPS) is 27.3. The maximum absolute atomic E-state index is 7.57. The number of hydrogen-bond acceptors (Lipinski definition) is 3. The van der Waals surface area contributed by atoms with E-state index in [0.717, 1.165) is 12.8 Å². The molecule has 2 fully saturated rings. The molecule has 0 bridgehead atoms. The molecule has 1 heterocycles. The van der Waals surface area contributed by atoms with Crippen LogP contribution >= 0.6 is 0 Å². The van der Waals surface area contributed by atoms with Gasteiger partial charge in [0.2, 0.25) is 0 Å². The summed E-state index contributed by atoms with van der Waals surface area (Å²) in [5.74, 6) is 0. The molecule has 2 aromatic rings. The molecule has 1 aliphatic carbocycles. The molecule has 4 atom stereocenters. The molecule has 4 rings (SSSR count). The molecule has 186 valence electrons. The molecule has 5 heteroatoms. The summed E-state index contributed by atoms with van der Waals surface area (Å²) < 4.78 is 21.0. The lowest BCUT2D eigenvalue weighted by Gasteiger charge is -2.47. The predicted octanol–water partition coefficient (Wildman–Crippen LogP) is 6.27. The molecular weight excluding hydrogens is 452 g/mol. The number of hydrogen-bond donors (Lipinski definition) is 0. The lowest BCUT2D eigenvalue weighted by Crippen LogP contribution is -2.69. The van der Waals surface area contributed by atoms with E-state index in [-0.39, 0.29) is 29.0 Å². The maximum Gasteiger partial charge on any atom is 0.261 e. The lowest BCUT2D eigenvalue weighted by molar-refractivity contribution is 0.0388. The molecule has 0 amide bonds. The lowest BCUT2D eigenvalue weighted by atomic mass is 9.86. The minimum Gasteiger partial charge on any atom is -0.414 e. The van der Waals surface area contributed by atoms with Crippen molar-refractivity contribution >= 4 is 27.0 Å². The third kappa shape index (κ3) is 4.50. The van der Waals surface area contributed by atoms with Crippen molar-refractivity contribution in [3.63, 3.8) is 0 Å². The molecule has 0 N–H and O–H groups in total. The first kappa shape index (κ1) is 25.8. The molecule has 0 radical (unpaired) electrons. The Labute approximate surface area is 209 Å². The monoisotopic (exact) mass is 496 g/mol. The van der Waals surface area contributed by atoms with Crippen molar-refractivity contribution in [3.05, 3.63) is 60.7 Å². The van der Waals surface area contributed by atoms with E-state index < -0.39 is 16.6 Å². The van der Waals surface area contributed by atoms with Crippen molar-refractivity contribution in [2.75, 3.05) is 0 Å². The van der Waals surface area contributed by atoms with Gasteiger partial charge in [0.15, 0.2) is 8.32 Å². The van der Waals surface area contributed by atoms with Gasteiger partial charge in [-0.05, 0) is 40.5 Å². The van der Waals surface area contributed by atoms with Crippen LogP contribution in [-0.4, -0.2) is 40.5 Å². The molecule has 2 aliphatic rings. The molecule has 0 aromatic heterocycles. The van der Waals surface area contributed by atoms with Gasteiger partial charge in [-0.15, -0.1) is 0 Å². The van der Waals surface area contributed by atoms with Gasteiger partial charge in [0.25, 0.3) is 8.32 Å². The first-order chi connectivity index (χ1) is 16.1. The molecule has 1 aliphatic heterocycles. The van der Waals surface area contributed by atoms with Crippen molar-refractivity contribution in [2.45, 2.75) is 108 Å². The molecule has 2 aromatic carbocycles. The molecule has 1 saturated carbocycles. The highest BCUT2D eigenvalue weighted by molar-refractivity contribution is 6.99. The summed E-state index contributed by atoms with van der Waals surface area (Å²) in [5.41, 5.74) is -0.207. The van der Waals surface area contributed by atoms with Gasteiger partial charge in [0, 0.05) is 12.8 Å². The Morgan fingerprint density at radius 3 is 1.76 bits per heavy atom. The minimum absolute atomic E-state index is 0.0276. The highest BCUT2D eigenvalue weighted by Crippen LogP contribution is 2.52. The van der Waals surface area contributed by atoms with Gasteiger partial charge in [0.05, 0.1) is 18.3 Å². The van der Waals surface area contributed by atoms with E-state index in [9.17, 15) is 0 Å². The third-order valence-corrected chi connectivity index (χ3v) is 18.4. The van der Waals surface area contributed by atoms with Crippen LogP contribution in [0.5, 0.6) is 0 Å². The molecule has 34 heavy (non-hydrogen) atoms. The van der Waals surface area contributed by atoms with Gasteiger partial charge in [-0.2, -0.15) is 0 Å². The first-order valence-electron chi connectivity index (χ1n) is 13.3. The van der Waals surface area contributed by atoms with Crippen LogP contribution in [-0.2, 0) is 13.6 Å². The van der Waals surface area contributed by atoms with Crippen LogP contribution in [0.25, 0.3) is 0 Å². The Morgan fingerprint density at radius 1 is 0.824 bits per heavy atom. The average Bonchev–Trinajstić information content (AvgIpc) is 3.52. The molecular formula is C29H44O3Si2. The molecule has 0 spiro atoms. The van der Waals surface area contributed by atoms with Gasteiger partial charge in [-0.25, -0.2) is 0 Å². The van der Waals surface area contributed by atoms with E-state index in [1.54, 1.807) is 0 Å². The fourth-order valence-corrected chi connectivity index (χ4v) is 13.8. The van der Waals surface area contributed by atoms with Crippen LogP contribution in [0.15, 0.2) is 60.7 Å². The number of fused-ring (bicyclic) bond motifs is 1. The summed E-state index contributed by atoms with van der Waals surface area (Å²) in [6.45, 7) is 16.3. The van der Waals surface area contributed by atoms with E-state index in [1.165, 1.54) is 28.5 Å². The first-order valence-corrected chi connectivity index (χ1v) is 17.7. The van der Waals surface area contributed by atoms with Crippen LogP contribution in [0.2, 0.25) is 23.2 Å². The molecule has 3 nitrogen and oxygen atoms in total. The SMILES string of the molecule is CC[Si](CC)(CC)O[C@H]1C[C@H]2O[C@]2(C)[C@H](O[Si](c2ccccc2)(c2ccccc2)C(C)(C)C)C1. The number of benzene rings is 2. The average molecular weight is 497 g/mol. The largest absolute Gasteiger partial charge is 0.414 e. The van der Waals surface area contributed by atoms with Gasteiger partial charge in [0.1, 0.15) is 5.60 Å². The number of ether oxygens (including phenoxy) is 1. The fraction of sp³-hybridized carbons (Fsp3) is 0.586. The third-order valence-electron chi connectivity index (χ3n) is 8.66. The maximum atomic E-state index is 7.57. The zero-order valence-electron chi connectivity index (χ0n) is 22.3. The standard InChI is InChI=1S/C29H44O3Si2/c1-8-33(9-2,10-3)31-23-21-26-29(7,30-26)27(22-23)32-34(28(4,5)6,24-17-13-11-14-18-24)25-19-15-12-16-20-25/h11-20,23,26-27H,8-10,21-22H2,1-7H3/t23-,26+,27+,29-/m0/s1. The predicted molar refractivity (Wildman–Crippen MR) is 147 cm³/mol. The van der Waals surface area contributed by atoms with Crippen LogP contribution in [0.4, 0.5) is 0 Å². The minimum atomic E-state index is -2.64. The van der Waals surface area contributed by atoms with E-state index in [4.69, 9.17) is 13.6 Å². The Balaban J connectivity index is 1.74. The van der Waals surface area contributed by atoms with Gasteiger partial charge in [-0.3, -0.25) is 0 Å². The van der Waals surface area contributed by atoms with Crippen molar-refractivity contribution in [3.8, 4) is 0 Å². The van der Waals surface area contributed by atoms with E-state index in [0.29, 0.717) is 0 Å². The quantitative estimate of drug-likeness (QED) is 0.303. The Bertz CT molecular complexity index is 891. The second kappa shape index (κ2) is 9.66. The summed E-state index contributed by atoms with van der Waals surface area (Å²) in [4.78, 5) is 0. The second-order valence-electron chi connectivity index (χ2n) is 11.5. The smallest absolute Gasteiger partial charge is 0.261 e. The van der Waals surface area contributed by atoms with Gasteiger partial charge >= 0.3 is 0 Å². The fourth-order valence-electron chi connectivity index (χ4n) is 6.17. The zero-order chi connectivity index (χ0) is 24.6. The molecule has 0 unspecified atom stereocenters. The van der Waals surface area contributed by atoms with Crippen molar-refractivity contribution in [1.29, 1.82) is 0 Å². The summed E-state index contributed by atoms with van der Waals surface area (Å²) in [5, 5.41) is 2.62. The van der Waals surface area contributed by atoms with Gasteiger partial charge in [-0.1, -0.05) is 102 Å². The van der Waals surface area contributed by atoms with Crippen LogP contribution in [0.3, 0.4) is 0 Å². The zero-order valence-corrected chi connectivity index (χ0v) is 24.3. The second-order valence-corrected chi connectivity index (χ2v) is 20.5. The van der Waals surface area contributed by atoms with E-state index in [1.807, 2.05) is 0 Å². The van der Waals surface area contributed by atoms with E-state index >= 15 is 0 Å². The summed E-state index contributed by atoms with van der Waals surface area (Å²) in [6, 6.07) is 25.5. The van der Waals surface area contributed by atoms with Crippen molar-refractivity contribution in [2.24, 2.45) is 0 Å². The van der Waals surface area contributed by atoms with Gasteiger partial charge < -0.3 is 13.6 Å². The molecule has 1 saturated heterocycles. The number of epoxide rings is 1. The van der Waals surface area contributed by atoms with Crippen LogP contribution < -0.4 is 10.4 Å². The van der Waals surface area contributed by atoms with E-state index in [2.05, 4.69) is 109 Å². The number of rotatable bonds is 9. The Hall–Kier alpha value is -1.25. The summed E-state index contributed by atoms with van der Waals surface area (Å²) >= 11 is 0. The topological polar surface area (TPSA) is 31.0 Å². The Morgan fingerprint density at radius 2 is 1.32 bits per heavy atom. The Kier molecular flexibility index (Phi) is 7.34. The summed E-state index contributed by atoms with van der Waals surface area (Å²) in [6.07, 6.45) is 2.43. The summed E-state index contributed by atoms with van der Waals surface area (Å²) in [7, 11) is -4.33. The van der Waals surface area contributed by atoms with Crippen LogP contribution in [0.1, 0.15) is 61.3 Å². The highest BCUT2D eigenvalue weighted by atomic mass is 28.4.